The fraction of sp³-hybridized carbons (Fsp3) is 0.0588. The highest BCUT2D eigenvalue weighted by molar-refractivity contribution is 7.11. The van der Waals surface area contributed by atoms with E-state index in [2.05, 4.69) is 65.3 Å². The lowest BCUT2D eigenvalue weighted by Gasteiger charge is -2.11. The average molecular weight is 265 g/mol. The van der Waals surface area contributed by atoms with E-state index in [9.17, 15) is 0 Å². The lowest BCUT2D eigenvalue weighted by Crippen LogP contribution is -2.05. The topological polar surface area (TPSA) is 12.0 Å². The van der Waals surface area contributed by atoms with Crippen molar-refractivity contribution >= 4 is 17.0 Å². The molecule has 0 amide bonds. The van der Waals surface area contributed by atoms with Crippen molar-refractivity contribution in [2.75, 3.05) is 0 Å². The van der Waals surface area contributed by atoms with Crippen LogP contribution in [-0.2, 0) is 6.42 Å². The molecule has 19 heavy (non-hydrogen) atoms. The SMILES string of the molecule is C1=CNC(c2cccs2)=C(Cc2ccccc2)C=C1. The van der Waals surface area contributed by atoms with E-state index in [4.69, 9.17) is 0 Å². The molecule has 0 saturated heterocycles. The van der Waals surface area contributed by atoms with E-state index in [1.807, 2.05) is 12.3 Å². The molecule has 1 aromatic carbocycles. The van der Waals surface area contributed by atoms with Crippen molar-refractivity contribution in [1.82, 2.24) is 5.32 Å². The summed E-state index contributed by atoms with van der Waals surface area (Å²) in [5, 5.41) is 5.51. The molecule has 0 spiro atoms. The summed E-state index contributed by atoms with van der Waals surface area (Å²) in [6, 6.07) is 14.8. The lowest BCUT2D eigenvalue weighted by atomic mass is 10.0. The van der Waals surface area contributed by atoms with Crippen LogP contribution >= 0.6 is 11.3 Å². The van der Waals surface area contributed by atoms with Gasteiger partial charge in [0.1, 0.15) is 0 Å². The van der Waals surface area contributed by atoms with Crippen molar-refractivity contribution in [3.63, 3.8) is 0 Å². The van der Waals surface area contributed by atoms with Crippen LogP contribution in [0.3, 0.4) is 0 Å². The van der Waals surface area contributed by atoms with Crippen molar-refractivity contribution in [3.8, 4) is 0 Å². The molecule has 0 aliphatic carbocycles. The van der Waals surface area contributed by atoms with Gasteiger partial charge in [0.2, 0.25) is 0 Å². The Bertz CT molecular complexity index is 619. The van der Waals surface area contributed by atoms with Crippen LogP contribution in [0.2, 0.25) is 0 Å². The molecule has 1 aliphatic heterocycles. The maximum absolute atomic E-state index is 3.40. The average Bonchev–Trinajstić information content (AvgIpc) is 2.88. The minimum Gasteiger partial charge on any atom is -0.360 e. The Hall–Kier alpha value is -2.06. The number of allylic oxidation sites excluding steroid dienone is 4. The molecular weight excluding hydrogens is 250 g/mol. The molecule has 2 heterocycles. The molecule has 94 valence electrons. The summed E-state index contributed by atoms with van der Waals surface area (Å²) in [5.74, 6) is 0. The number of rotatable bonds is 3. The van der Waals surface area contributed by atoms with E-state index in [1.165, 1.54) is 21.7 Å². The van der Waals surface area contributed by atoms with Gasteiger partial charge >= 0.3 is 0 Å². The highest BCUT2D eigenvalue weighted by Gasteiger charge is 2.09. The Kier molecular flexibility index (Phi) is 3.61. The summed E-state index contributed by atoms with van der Waals surface area (Å²) in [5.41, 5.74) is 3.86. The normalized spacial score (nSPS) is 14.3. The van der Waals surface area contributed by atoms with Gasteiger partial charge in [0.15, 0.2) is 0 Å². The van der Waals surface area contributed by atoms with Crippen LogP contribution in [0.4, 0.5) is 0 Å². The van der Waals surface area contributed by atoms with Crippen LogP contribution in [0.5, 0.6) is 0 Å². The Morgan fingerprint density at radius 3 is 2.63 bits per heavy atom. The molecule has 3 rings (SSSR count). The van der Waals surface area contributed by atoms with Gasteiger partial charge in [0.25, 0.3) is 0 Å². The third-order valence-corrected chi connectivity index (χ3v) is 3.95. The van der Waals surface area contributed by atoms with Crippen molar-refractivity contribution < 1.29 is 0 Å². The summed E-state index contributed by atoms with van der Waals surface area (Å²) in [7, 11) is 0. The first-order valence-corrected chi connectivity index (χ1v) is 7.22. The first kappa shape index (κ1) is 12.0. The van der Waals surface area contributed by atoms with Gasteiger partial charge in [-0.3, -0.25) is 0 Å². The van der Waals surface area contributed by atoms with Crippen LogP contribution in [-0.4, -0.2) is 0 Å². The predicted molar refractivity (Wildman–Crippen MR) is 82.8 cm³/mol. The minimum atomic E-state index is 0.944. The summed E-state index contributed by atoms with van der Waals surface area (Å²) in [4.78, 5) is 1.28. The van der Waals surface area contributed by atoms with Gasteiger partial charge in [-0.1, -0.05) is 48.6 Å². The summed E-state index contributed by atoms with van der Waals surface area (Å²) in [6.07, 6.45) is 9.25. The highest BCUT2D eigenvalue weighted by Crippen LogP contribution is 2.25. The first-order valence-electron chi connectivity index (χ1n) is 6.34. The third-order valence-electron chi connectivity index (χ3n) is 3.06. The largest absolute Gasteiger partial charge is 0.360 e. The third kappa shape index (κ3) is 2.85. The molecule has 0 bridgehead atoms. The van der Waals surface area contributed by atoms with Gasteiger partial charge in [0, 0.05) is 6.20 Å². The molecule has 2 heteroatoms. The zero-order valence-electron chi connectivity index (χ0n) is 10.5. The van der Waals surface area contributed by atoms with Crippen LogP contribution in [0.15, 0.2) is 77.8 Å². The quantitative estimate of drug-likeness (QED) is 0.868. The number of benzene rings is 1. The van der Waals surface area contributed by atoms with E-state index < -0.39 is 0 Å². The number of hydrogen-bond acceptors (Lipinski definition) is 2. The fourth-order valence-electron chi connectivity index (χ4n) is 2.15. The zero-order chi connectivity index (χ0) is 12.9. The standard InChI is InChI=1S/C17H15NS/c1-2-7-14(8-3-1)13-15-9-4-5-11-18-17(15)16-10-6-12-19-16/h1-12,18H,13H2. The van der Waals surface area contributed by atoms with Gasteiger partial charge in [0.05, 0.1) is 10.6 Å². The maximum Gasteiger partial charge on any atom is 0.0590 e. The van der Waals surface area contributed by atoms with Crippen molar-refractivity contribution in [2.24, 2.45) is 0 Å². The Labute approximate surface area is 117 Å². The van der Waals surface area contributed by atoms with Crippen molar-refractivity contribution in [1.29, 1.82) is 0 Å². The molecular formula is C17H15NS. The van der Waals surface area contributed by atoms with Gasteiger partial charge in [-0.15, -0.1) is 11.3 Å². The second-order valence-electron chi connectivity index (χ2n) is 4.40. The molecule has 1 aliphatic rings. The Morgan fingerprint density at radius 2 is 1.84 bits per heavy atom. The molecule has 2 aromatic rings. The van der Waals surface area contributed by atoms with E-state index in [0.29, 0.717) is 0 Å². The van der Waals surface area contributed by atoms with Crippen LogP contribution in [0, 0.1) is 0 Å². The highest BCUT2D eigenvalue weighted by atomic mass is 32.1. The van der Waals surface area contributed by atoms with Gasteiger partial charge in [-0.25, -0.2) is 0 Å². The van der Waals surface area contributed by atoms with E-state index in [1.54, 1.807) is 11.3 Å². The van der Waals surface area contributed by atoms with Crippen LogP contribution < -0.4 is 5.32 Å². The van der Waals surface area contributed by atoms with E-state index >= 15 is 0 Å². The number of hydrogen-bond donors (Lipinski definition) is 1. The molecule has 1 N–H and O–H groups in total. The first-order chi connectivity index (χ1) is 9.43. The molecule has 0 fully saturated rings. The van der Waals surface area contributed by atoms with Gasteiger partial charge in [-0.2, -0.15) is 0 Å². The zero-order valence-corrected chi connectivity index (χ0v) is 11.4. The maximum atomic E-state index is 3.40. The second kappa shape index (κ2) is 5.72. The van der Waals surface area contributed by atoms with Gasteiger partial charge < -0.3 is 5.32 Å². The molecule has 1 nitrogen and oxygen atoms in total. The predicted octanol–water partition coefficient (Wildman–Crippen LogP) is 4.38. The monoisotopic (exact) mass is 265 g/mol. The lowest BCUT2D eigenvalue weighted by molar-refractivity contribution is 1.14. The Morgan fingerprint density at radius 1 is 0.947 bits per heavy atom. The van der Waals surface area contributed by atoms with Crippen LogP contribution in [0.25, 0.3) is 5.70 Å². The Balaban J connectivity index is 1.98. The summed E-state index contributed by atoms with van der Waals surface area (Å²) < 4.78 is 0. The summed E-state index contributed by atoms with van der Waals surface area (Å²) >= 11 is 1.76. The molecule has 0 saturated carbocycles. The molecule has 0 atom stereocenters. The molecule has 1 aromatic heterocycles. The van der Waals surface area contributed by atoms with Gasteiger partial charge in [-0.05, 0) is 35.1 Å². The second-order valence-corrected chi connectivity index (χ2v) is 5.35. The summed E-state index contributed by atoms with van der Waals surface area (Å²) in [6.45, 7) is 0. The number of thiophene rings is 1. The van der Waals surface area contributed by atoms with Crippen LogP contribution in [0.1, 0.15) is 10.4 Å². The minimum absolute atomic E-state index is 0.944. The smallest absolute Gasteiger partial charge is 0.0590 e. The fourth-order valence-corrected chi connectivity index (χ4v) is 2.92. The van der Waals surface area contributed by atoms with E-state index in [-0.39, 0.29) is 0 Å². The number of nitrogens with one attached hydrogen (secondary N) is 1. The van der Waals surface area contributed by atoms with Crippen molar-refractivity contribution in [2.45, 2.75) is 6.42 Å². The van der Waals surface area contributed by atoms with E-state index in [0.717, 1.165) is 6.42 Å². The van der Waals surface area contributed by atoms with Crippen molar-refractivity contribution in [3.05, 3.63) is 88.3 Å². The molecule has 0 unspecified atom stereocenters. The molecule has 0 radical (unpaired) electrons.